The standard InChI is InChI=1S/C24H19N5O3/c1-28-13-26-21(22(28)15-4-2-14(11-25)3-5-15)16-6-7-18-17(10-16)12-29(24(18)32)19-8-9-20(30)27-23(19)31/h2-7,10,13,19H,8-9,12H2,1H3,(H,27,30,31). The van der Waals surface area contributed by atoms with E-state index < -0.39 is 11.9 Å². The van der Waals surface area contributed by atoms with Crippen LogP contribution in [0, 0.1) is 11.3 Å². The average molecular weight is 425 g/mol. The van der Waals surface area contributed by atoms with Gasteiger partial charge in [0.2, 0.25) is 11.8 Å². The number of hydrogen-bond donors (Lipinski definition) is 1. The van der Waals surface area contributed by atoms with E-state index in [1.54, 1.807) is 24.5 Å². The van der Waals surface area contributed by atoms with Gasteiger partial charge in [-0.15, -0.1) is 0 Å². The van der Waals surface area contributed by atoms with Crippen LogP contribution in [0.3, 0.4) is 0 Å². The molecule has 3 amide bonds. The van der Waals surface area contributed by atoms with Crippen LogP contribution in [0.4, 0.5) is 0 Å². The van der Waals surface area contributed by atoms with Crippen LogP contribution in [-0.4, -0.2) is 38.2 Å². The predicted molar refractivity (Wildman–Crippen MR) is 115 cm³/mol. The molecule has 1 atom stereocenters. The summed E-state index contributed by atoms with van der Waals surface area (Å²) in [5.41, 5.74) is 5.44. The molecule has 0 aliphatic carbocycles. The molecule has 0 spiro atoms. The van der Waals surface area contributed by atoms with E-state index in [0.717, 1.165) is 28.1 Å². The molecule has 1 N–H and O–H groups in total. The molecule has 0 bridgehead atoms. The molecule has 5 rings (SSSR count). The van der Waals surface area contributed by atoms with Crippen molar-refractivity contribution in [3.05, 3.63) is 65.5 Å². The predicted octanol–water partition coefficient (Wildman–Crippen LogP) is 2.39. The second-order valence-corrected chi connectivity index (χ2v) is 8.01. The highest BCUT2D eigenvalue weighted by atomic mass is 16.2. The van der Waals surface area contributed by atoms with E-state index in [2.05, 4.69) is 16.4 Å². The van der Waals surface area contributed by atoms with E-state index in [1.165, 1.54) is 4.90 Å². The topological polar surface area (TPSA) is 108 Å². The Bertz CT molecular complexity index is 1320. The lowest BCUT2D eigenvalue weighted by Crippen LogP contribution is -2.52. The number of imidazole rings is 1. The maximum absolute atomic E-state index is 12.9. The van der Waals surface area contributed by atoms with Crippen LogP contribution < -0.4 is 5.32 Å². The minimum atomic E-state index is -0.639. The van der Waals surface area contributed by atoms with Gasteiger partial charge in [0.1, 0.15) is 6.04 Å². The van der Waals surface area contributed by atoms with Crippen molar-refractivity contribution in [2.45, 2.75) is 25.4 Å². The zero-order valence-electron chi connectivity index (χ0n) is 17.3. The minimum absolute atomic E-state index is 0.200. The van der Waals surface area contributed by atoms with Crippen LogP contribution in [0.25, 0.3) is 22.5 Å². The van der Waals surface area contributed by atoms with Gasteiger partial charge in [0.25, 0.3) is 5.91 Å². The first kappa shape index (κ1) is 19.7. The lowest BCUT2D eigenvalue weighted by molar-refractivity contribution is -0.136. The Morgan fingerprint density at radius 2 is 1.84 bits per heavy atom. The van der Waals surface area contributed by atoms with Gasteiger partial charge in [0.05, 0.1) is 29.3 Å². The Hall–Kier alpha value is -4.25. The van der Waals surface area contributed by atoms with E-state index in [1.807, 2.05) is 35.9 Å². The van der Waals surface area contributed by atoms with Crippen molar-refractivity contribution in [2.75, 3.05) is 0 Å². The number of nitriles is 1. The maximum atomic E-state index is 12.9. The van der Waals surface area contributed by atoms with Gasteiger partial charge in [0, 0.05) is 36.7 Å². The summed E-state index contributed by atoms with van der Waals surface area (Å²) in [4.78, 5) is 42.8. The average Bonchev–Trinajstić information content (AvgIpc) is 3.33. The van der Waals surface area contributed by atoms with Crippen molar-refractivity contribution >= 4 is 17.7 Å². The molecule has 1 aromatic heterocycles. The summed E-state index contributed by atoms with van der Waals surface area (Å²) >= 11 is 0. The Kier molecular flexibility index (Phi) is 4.59. The number of aryl methyl sites for hydroxylation is 1. The second kappa shape index (κ2) is 7.46. The van der Waals surface area contributed by atoms with Crippen LogP contribution in [-0.2, 0) is 23.2 Å². The van der Waals surface area contributed by atoms with E-state index in [9.17, 15) is 14.4 Å². The molecule has 32 heavy (non-hydrogen) atoms. The van der Waals surface area contributed by atoms with Crippen molar-refractivity contribution in [2.24, 2.45) is 7.05 Å². The quantitative estimate of drug-likeness (QED) is 0.648. The fourth-order valence-corrected chi connectivity index (χ4v) is 4.41. The second-order valence-electron chi connectivity index (χ2n) is 8.01. The summed E-state index contributed by atoms with van der Waals surface area (Å²) in [6, 6.07) is 14.4. The van der Waals surface area contributed by atoms with Gasteiger partial charge in [-0.05, 0) is 36.2 Å². The molecule has 1 unspecified atom stereocenters. The number of imide groups is 1. The highest BCUT2D eigenvalue weighted by molar-refractivity contribution is 6.05. The molecule has 0 radical (unpaired) electrons. The number of aromatic nitrogens is 2. The van der Waals surface area contributed by atoms with Crippen molar-refractivity contribution < 1.29 is 14.4 Å². The number of nitrogens with zero attached hydrogens (tertiary/aromatic N) is 4. The van der Waals surface area contributed by atoms with E-state index in [4.69, 9.17) is 5.26 Å². The summed E-state index contributed by atoms with van der Waals surface area (Å²) in [5, 5.41) is 11.4. The van der Waals surface area contributed by atoms with Crippen LogP contribution in [0.5, 0.6) is 0 Å². The van der Waals surface area contributed by atoms with Crippen molar-refractivity contribution in [3.8, 4) is 28.6 Å². The number of benzene rings is 2. The fourth-order valence-electron chi connectivity index (χ4n) is 4.41. The summed E-state index contributed by atoms with van der Waals surface area (Å²) in [6.07, 6.45) is 2.29. The third-order valence-electron chi connectivity index (χ3n) is 6.02. The van der Waals surface area contributed by atoms with Gasteiger partial charge in [-0.25, -0.2) is 4.98 Å². The Morgan fingerprint density at radius 1 is 1.09 bits per heavy atom. The van der Waals surface area contributed by atoms with Crippen molar-refractivity contribution in [3.63, 3.8) is 0 Å². The summed E-state index contributed by atoms with van der Waals surface area (Å²) in [5.74, 6) is -0.923. The highest BCUT2D eigenvalue weighted by Crippen LogP contribution is 2.35. The molecular weight excluding hydrogens is 406 g/mol. The van der Waals surface area contributed by atoms with Crippen LogP contribution in [0.15, 0.2) is 48.8 Å². The molecule has 158 valence electrons. The molecule has 3 aromatic rings. The molecule has 2 aliphatic rings. The largest absolute Gasteiger partial charge is 0.333 e. The first-order valence-corrected chi connectivity index (χ1v) is 10.3. The fraction of sp³-hybridized carbons (Fsp3) is 0.208. The minimum Gasteiger partial charge on any atom is -0.333 e. The van der Waals surface area contributed by atoms with E-state index >= 15 is 0 Å². The SMILES string of the molecule is Cn1cnc(-c2ccc3c(c2)CN(C2CCC(=O)NC2=O)C3=O)c1-c1ccc(C#N)cc1. The molecule has 8 heteroatoms. The first-order valence-electron chi connectivity index (χ1n) is 10.3. The molecule has 2 aromatic carbocycles. The van der Waals surface area contributed by atoms with Crippen LogP contribution >= 0.6 is 0 Å². The van der Waals surface area contributed by atoms with Crippen LogP contribution in [0.2, 0.25) is 0 Å². The Labute approximate surface area is 184 Å². The Balaban J connectivity index is 1.48. The number of hydrogen-bond acceptors (Lipinski definition) is 5. The summed E-state index contributed by atoms with van der Waals surface area (Å²) < 4.78 is 1.92. The Morgan fingerprint density at radius 3 is 2.56 bits per heavy atom. The third-order valence-corrected chi connectivity index (χ3v) is 6.02. The lowest BCUT2D eigenvalue weighted by atomic mass is 10.00. The number of piperidine rings is 1. The number of fused-ring (bicyclic) bond motifs is 1. The first-order chi connectivity index (χ1) is 15.5. The normalized spacial score (nSPS) is 17.8. The molecular formula is C24H19N5O3. The summed E-state index contributed by atoms with van der Waals surface area (Å²) in [6.45, 7) is 0.313. The number of nitrogens with one attached hydrogen (secondary N) is 1. The molecule has 8 nitrogen and oxygen atoms in total. The zero-order chi connectivity index (χ0) is 22.4. The van der Waals surface area contributed by atoms with E-state index in [-0.39, 0.29) is 18.2 Å². The third kappa shape index (κ3) is 3.15. The lowest BCUT2D eigenvalue weighted by Gasteiger charge is -2.29. The van der Waals surface area contributed by atoms with Crippen molar-refractivity contribution in [1.29, 1.82) is 5.26 Å². The number of amides is 3. The maximum Gasteiger partial charge on any atom is 0.255 e. The molecule has 0 saturated carbocycles. The molecule has 1 fully saturated rings. The highest BCUT2D eigenvalue weighted by Gasteiger charge is 2.39. The summed E-state index contributed by atoms with van der Waals surface area (Å²) in [7, 11) is 1.91. The van der Waals surface area contributed by atoms with Gasteiger partial charge >= 0.3 is 0 Å². The van der Waals surface area contributed by atoms with Crippen molar-refractivity contribution in [1.82, 2.24) is 19.8 Å². The zero-order valence-corrected chi connectivity index (χ0v) is 17.3. The van der Waals surface area contributed by atoms with E-state index in [0.29, 0.717) is 24.1 Å². The van der Waals surface area contributed by atoms with Gasteiger partial charge in [0.15, 0.2) is 0 Å². The van der Waals surface area contributed by atoms with Gasteiger partial charge in [-0.3, -0.25) is 19.7 Å². The molecule has 3 heterocycles. The van der Waals surface area contributed by atoms with Crippen LogP contribution in [0.1, 0.15) is 34.3 Å². The smallest absolute Gasteiger partial charge is 0.255 e. The van der Waals surface area contributed by atoms with Gasteiger partial charge in [-0.1, -0.05) is 18.2 Å². The molecule has 2 aliphatic heterocycles. The number of carbonyl (C=O) groups is 3. The monoisotopic (exact) mass is 425 g/mol. The number of carbonyl (C=O) groups excluding carboxylic acids is 3. The van der Waals surface area contributed by atoms with Gasteiger partial charge < -0.3 is 9.47 Å². The van der Waals surface area contributed by atoms with Gasteiger partial charge in [-0.2, -0.15) is 5.26 Å². The molecule has 1 saturated heterocycles. The number of rotatable bonds is 3.